The molecule has 0 saturated carbocycles. The summed E-state index contributed by atoms with van der Waals surface area (Å²) in [6, 6.07) is 2.23. The van der Waals surface area contributed by atoms with Crippen LogP contribution in [0, 0.1) is 13.8 Å². The number of thiophene rings is 1. The van der Waals surface area contributed by atoms with Crippen LogP contribution in [-0.2, 0) is 15.9 Å². The van der Waals surface area contributed by atoms with Crippen LogP contribution in [0.4, 0.5) is 0 Å². The van der Waals surface area contributed by atoms with E-state index in [0.29, 0.717) is 13.2 Å². The van der Waals surface area contributed by atoms with Crippen LogP contribution in [-0.4, -0.2) is 26.9 Å². The number of aryl methyl sites for hydroxylation is 2. The van der Waals surface area contributed by atoms with E-state index in [2.05, 4.69) is 19.9 Å². The van der Waals surface area contributed by atoms with E-state index in [1.807, 2.05) is 11.3 Å². The molecule has 0 aliphatic carbocycles. The van der Waals surface area contributed by atoms with E-state index in [0.717, 1.165) is 13.0 Å². The van der Waals surface area contributed by atoms with Crippen LogP contribution in [0.5, 0.6) is 0 Å². The molecule has 14 heavy (non-hydrogen) atoms. The molecule has 0 saturated heterocycles. The minimum atomic E-state index is 0.683. The molecule has 0 fully saturated rings. The van der Waals surface area contributed by atoms with Crippen LogP contribution in [0.15, 0.2) is 6.07 Å². The lowest BCUT2D eigenvalue weighted by Gasteiger charge is -2.02. The Bertz CT molecular complexity index is 268. The van der Waals surface area contributed by atoms with Crippen molar-refractivity contribution in [1.82, 2.24) is 0 Å². The summed E-state index contributed by atoms with van der Waals surface area (Å²) in [4.78, 5) is 2.83. The van der Waals surface area contributed by atoms with Crippen LogP contribution in [0.3, 0.4) is 0 Å². The van der Waals surface area contributed by atoms with Crippen molar-refractivity contribution in [3.63, 3.8) is 0 Å². The molecule has 0 unspecified atom stereocenters. The van der Waals surface area contributed by atoms with E-state index in [1.165, 1.54) is 15.3 Å². The maximum atomic E-state index is 5.42. The van der Waals surface area contributed by atoms with Crippen molar-refractivity contribution in [2.24, 2.45) is 0 Å². The fourth-order valence-corrected chi connectivity index (χ4v) is 2.38. The highest BCUT2D eigenvalue weighted by Gasteiger charge is 2.02. The highest BCUT2D eigenvalue weighted by atomic mass is 32.1. The smallest absolute Gasteiger partial charge is 0.0700 e. The molecule has 0 atom stereocenters. The van der Waals surface area contributed by atoms with Crippen LogP contribution < -0.4 is 0 Å². The van der Waals surface area contributed by atoms with Gasteiger partial charge in [0, 0.05) is 23.3 Å². The number of ether oxygens (including phenoxy) is 2. The molecule has 0 spiro atoms. The van der Waals surface area contributed by atoms with Crippen molar-refractivity contribution in [1.29, 1.82) is 0 Å². The fourth-order valence-electron chi connectivity index (χ4n) is 1.35. The molecule has 1 heterocycles. The Balaban J connectivity index is 2.21. The van der Waals surface area contributed by atoms with Gasteiger partial charge in [-0.05, 0) is 25.5 Å². The molecule has 0 N–H and O–H groups in total. The van der Waals surface area contributed by atoms with Gasteiger partial charge in [-0.3, -0.25) is 0 Å². The van der Waals surface area contributed by atoms with Gasteiger partial charge < -0.3 is 9.47 Å². The van der Waals surface area contributed by atoms with Gasteiger partial charge in [0.15, 0.2) is 0 Å². The Morgan fingerprint density at radius 2 is 2.00 bits per heavy atom. The van der Waals surface area contributed by atoms with Gasteiger partial charge >= 0.3 is 0 Å². The number of rotatable bonds is 6. The van der Waals surface area contributed by atoms with Crippen molar-refractivity contribution in [3.8, 4) is 0 Å². The van der Waals surface area contributed by atoms with Crippen molar-refractivity contribution >= 4 is 11.3 Å². The highest BCUT2D eigenvalue weighted by molar-refractivity contribution is 7.12. The average molecular weight is 214 g/mol. The first-order valence-corrected chi connectivity index (χ1v) is 5.68. The standard InChI is InChI=1S/C11H18O2S/c1-9-8-10(2)14-11(9)4-5-13-7-6-12-3/h8H,4-7H2,1-3H3. The summed E-state index contributed by atoms with van der Waals surface area (Å²) in [5.41, 5.74) is 1.39. The quantitative estimate of drug-likeness (QED) is 0.678. The molecule has 0 amide bonds. The molecule has 0 radical (unpaired) electrons. The van der Waals surface area contributed by atoms with E-state index in [9.17, 15) is 0 Å². The molecule has 0 bridgehead atoms. The molecular weight excluding hydrogens is 196 g/mol. The van der Waals surface area contributed by atoms with E-state index < -0.39 is 0 Å². The van der Waals surface area contributed by atoms with Crippen molar-refractivity contribution < 1.29 is 9.47 Å². The molecule has 0 aromatic carbocycles. The lowest BCUT2D eigenvalue weighted by molar-refractivity contribution is 0.0724. The zero-order chi connectivity index (χ0) is 10.4. The molecule has 0 aliphatic heterocycles. The van der Waals surface area contributed by atoms with E-state index in [-0.39, 0.29) is 0 Å². The minimum Gasteiger partial charge on any atom is -0.382 e. The maximum absolute atomic E-state index is 5.42. The van der Waals surface area contributed by atoms with Gasteiger partial charge in [-0.15, -0.1) is 11.3 Å². The first kappa shape index (κ1) is 11.7. The average Bonchev–Trinajstić information content (AvgIpc) is 2.45. The van der Waals surface area contributed by atoms with Gasteiger partial charge in [-0.25, -0.2) is 0 Å². The van der Waals surface area contributed by atoms with Crippen molar-refractivity contribution in [3.05, 3.63) is 21.4 Å². The second-order valence-corrected chi connectivity index (χ2v) is 4.66. The molecule has 1 rings (SSSR count). The first-order chi connectivity index (χ1) is 6.74. The molecular formula is C11H18O2S. The molecule has 3 heteroatoms. The van der Waals surface area contributed by atoms with E-state index >= 15 is 0 Å². The van der Waals surface area contributed by atoms with Crippen LogP contribution >= 0.6 is 11.3 Å². The molecule has 80 valence electrons. The monoisotopic (exact) mass is 214 g/mol. The Kier molecular flexibility index (Phi) is 5.15. The van der Waals surface area contributed by atoms with E-state index in [1.54, 1.807) is 7.11 Å². The van der Waals surface area contributed by atoms with Crippen molar-refractivity contribution in [2.45, 2.75) is 20.3 Å². The Labute approximate surface area is 89.9 Å². The summed E-state index contributed by atoms with van der Waals surface area (Å²) in [7, 11) is 1.69. The van der Waals surface area contributed by atoms with Crippen LogP contribution in [0.2, 0.25) is 0 Å². The first-order valence-electron chi connectivity index (χ1n) is 4.86. The van der Waals surface area contributed by atoms with Crippen LogP contribution in [0.1, 0.15) is 15.3 Å². The molecule has 1 aromatic heterocycles. The largest absolute Gasteiger partial charge is 0.382 e. The lowest BCUT2D eigenvalue weighted by atomic mass is 10.2. The van der Waals surface area contributed by atoms with Gasteiger partial charge in [0.1, 0.15) is 0 Å². The Morgan fingerprint density at radius 1 is 1.21 bits per heavy atom. The summed E-state index contributed by atoms with van der Waals surface area (Å²) in [6.45, 7) is 6.48. The van der Waals surface area contributed by atoms with Gasteiger partial charge in [0.2, 0.25) is 0 Å². The third kappa shape index (κ3) is 3.78. The summed E-state index contributed by atoms with van der Waals surface area (Å²) in [6.07, 6.45) is 1.02. The predicted octanol–water partition coefficient (Wildman–Crippen LogP) is 2.57. The summed E-state index contributed by atoms with van der Waals surface area (Å²) in [5, 5.41) is 0. The van der Waals surface area contributed by atoms with E-state index in [4.69, 9.17) is 9.47 Å². The number of hydrogen-bond acceptors (Lipinski definition) is 3. The summed E-state index contributed by atoms with van der Waals surface area (Å²) >= 11 is 1.87. The van der Waals surface area contributed by atoms with Gasteiger partial charge in [-0.2, -0.15) is 0 Å². The van der Waals surface area contributed by atoms with Crippen molar-refractivity contribution in [2.75, 3.05) is 26.9 Å². The molecule has 0 aliphatic rings. The van der Waals surface area contributed by atoms with Gasteiger partial charge in [0.25, 0.3) is 0 Å². The minimum absolute atomic E-state index is 0.683. The van der Waals surface area contributed by atoms with Gasteiger partial charge in [0.05, 0.1) is 19.8 Å². The third-order valence-electron chi connectivity index (χ3n) is 2.05. The lowest BCUT2D eigenvalue weighted by Crippen LogP contribution is -2.04. The second-order valence-electron chi connectivity index (χ2n) is 3.32. The zero-order valence-corrected chi connectivity index (χ0v) is 9.95. The second kappa shape index (κ2) is 6.17. The topological polar surface area (TPSA) is 18.5 Å². The maximum Gasteiger partial charge on any atom is 0.0700 e. The number of methoxy groups -OCH3 is 1. The SMILES string of the molecule is COCCOCCc1sc(C)cc1C. The molecule has 1 aromatic rings. The Hall–Kier alpha value is -0.380. The summed E-state index contributed by atoms with van der Waals surface area (Å²) in [5.74, 6) is 0. The highest BCUT2D eigenvalue weighted by Crippen LogP contribution is 2.21. The molecule has 2 nitrogen and oxygen atoms in total. The fraction of sp³-hybridized carbons (Fsp3) is 0.636. The third-order valence-corrected chi connectivity index (χ3v) is 3.26. The normalized spacial score (nSPS) is 10.8. The Morgan fingerprint density at radius 3 is 2.57 bits per heavy atom. The summed E-state index contributed by atoms with van der Waals surface area (Å²) < 4.78 is 10.3. The number of hydrogen-bond donors (Lipinski definition) is 0. The zero-order valence-electron chi connectivity index (χ0n) is 9.13. The van der Waals surface area contributed by atoms with Crippen LogP contribution in [0.25, 0.3) is 0 Å². The van der Waals surface area contributed by atoms with Gasteiger partial charge in [-0.1, -0.05) is 0 Å². The predicted molar refractivity (Wildman–Crippen MR) is 60.2 cm³/mol.